The van der Waals surface area contributed by atoms with Crippen molar-refractivity contribution in [3.05, 3.63) is 87.4 Å². The van der Waals surface area contributed by atoms with E-state index in [-0.39, 0.29) is 37.5 Å². The number of carbonyl (C=O) groups is 2. The first-order chi connectivity index (χ1) is 17.5. The number of methoxy groups -OCH3 is 2. The highest BCUT2D eigenvalue weighted by Gasteiger charge is 2.47. The van der Waals surface area contributed by atoms with Crippen LogP contribution >= 0.6 is 23.2 Å². The van der Waals surface area contributed by atoms with Crippen molar-refractivity contribution in [1.82, 2.24) is 0 Å². The molecule has 12 heteroatoms. The van der Waals surface area contributed by atoms with Gasteiger partial charge in [0.05, 0.1) is 40.8 Å². The molecule has 1 atom stereocenters. The standard InChI is InChI=1S/C25H20Cl2N2O7S/c1-35-16-5-3-4-13(10-16)21-20(22(30)14-11-18(26)24(36-2)19(27)12-14)23(31)25(32)29(21)15-6-8-17(9-7-15)37(28,33)34/h3-12,21,30H,1-2H3,(H2,28,33,34)/b22-20+. The molecule has 1 amide bonds. The van der Waals surface area contributed by atoms with E-state index in [0.29, 0.717) is 11.3 Å². The highest BCUT2D eigenvalue weighted by Crippen LogP contribution is 2.44. The van der Waals surface area contributed by atoms with Crippen LogP contribution in [-0.4, -0.2) is 39.4 Å². The molecule has 3 N–H and O–H groups in total. The summed E-state index contributed by atoms with van der Waals surface area (Å²) >= 11 is 12.5. The zero-order valence-electron chi connectivity index (χ0n) is 19.4. The van der Waals surface area contributed by atoms with Crippen LogP contribution in [0, 0.1) is 0 Å². The number of anilines is 1. The number of hydrogen-bond acceptors (Lipinski definition) is 7. The van der Waals surface area contributed by atoms with E-state index in [1.165, 1.54) is 50.6 Å². The molecule has 3 aromatic carbocycles. The molecule has 0 aromatic heterocycles. The molecule has 1 aliphatic rings. The van der Waals surface area contributed by atoms with Crippen LogP contribution in [0.1, 0.15) is 17.2 Å². The predicted octanol–water partition coefficient (Wildman–Crippen LogP) is 4.28. The lowest BCUT2D eigenvalue weighted by Crippen LogP contribution is -2.29. The van der Waals surface area contributed by atoms with Gasteiger partial charge in [0.25, 0.3) is 11.7 Å². The van der Waals surface area contributed by atoms with Gasteiger partial charge in [0, 0.05) is 11.3 Å². The highest BCUT2D eigenvalue weighted by molar-refractivity contribution is 7.89. The summed E-state index contributed by atoms with van der Waals surface area (Å²) < 4.78 is 33.8. The fraction of sp³-hybridized carbons (Fsp3) is 0.120. The molecule has 1 fully saturated rings. The number of halogens is 2. The molecule has 0 saturated carbocycles. The first kappa shape index (κ1) is 26.5. The third-order valence-electron chi connectivity index (χ3n) is 5.77. The van der Waals surface area contributed by atoms with E-state index in [1.54, 1.807) is 24.3 Å². The van der Waals surface area contributed by atoms with E-state index in [0.717, 1.165) is 4.90 Å². The number of sulfonamides is 1. The molecule has 1 saturated heterocycles. The maximum Gasteiger partial charge on any atom is 0.300 e. The number of primary sulfonamides is 1. The molecular weight excluding hydrogens is 543 g/mol. The lowest BCUT2D eigenvalue weighted by atomic mass is 9.95. The Morgan fingerprint density at radius 1 is 0.973 bits per heavy atom. The van der Waals surface area contributed by atoms with Crippen LogP contribution in [0.3, 0.4) is 0 Å². The number of Topliss-reactive ketones (excluding diaryl/α,β-unsaturated/α-hetero) is 1. The molecule has 0 radical (unpaired) electrons. The second-order valence-corrected chi connectivity index (χ2v) is 10.3. The molecule has 1 heterocycles. The normalized spacial score (nSPS) is 17.2. The van der Waals surface area contributed by atoms with E-state index in [9.17, 15) is 23.1 Å². The van der Waals surface area contributed by atoms with Crippen molar-refractivity contribution in [2.75, 3.05) is 19.1 Å². The monoisotopic (exact) mass is 562 g/mol. The molecule has 0 bridgehead atoms. The number of benzene rings is 3. The van der Waals surface area contributed by atoms with Gasteiger partial charge in [-0.05, 0) is 54.1 Å². The van der Waals surface area contributed by atoms with Gasteiger partial charge in [0.1, 0.15) is 11.5 Å². The second-order valence-electron chi connectivity index (χ2n) is 7.96. The molecule has 4 rings (SSSR count). The van der Waals surface area contributed by atoms with Crippen LogP contribution in [0.2, 0.25) is 10.0 Å². The second kappa shape index (κ2) is 10.1. The molecule has 1 unspecified atom stereocenters. The van der Waals surface area contributed by atoms with Gasteiger partial charge in [0.15, 0.2) is 5.75 Å². The third kappa shape index (κ3) is 4.88. The first-order valence-electron chi connectivity index (χ1n) is 10.6. The smallest absolute Gasteiger partial charge is 0.300 e. The van der Waals surface area contributed by atoms with Crippen LogP contribution in [0.4, 0.5) is 5.69 Å². The van der Waals surface area contributed by atoms with Crippen molar-refractivity contribution in [3.8, 4) is 11.5 Å². The minimum atomic E-state index is -3.99. The van der Waals surface area contributed by atoms with Crippen molar-refractivity contribution < 1.29 is 32.6 Å². The number of nitrogens with two attached hydrogens (primary N) is 1. The van der Waals surface area contributed by atoms with Crippen molar-refractivity contribution in [3.63, 3.8) is 0 Å². The average Bonchev–Trinajstić information content (AvgIpc) is 3.13. The van der Waals surface area contributed by atoms with E-state index in [2.05, 4.69) is 0 Å². The molecule has 192 valence electrons. The van der Waals surface area contributed by atoms with Crippen LogP contribution in [0.5, 0.6) is 11.5 Å². The Morgan fingerprint density at radius 2 is 1.59 bits per heavy atom. The Morgan fingerprint density at radius 3 is 2.14 bits per heavy atom. The summed E-state index contributed by atoms with van der Waals surface area (Å²) in [5, 5.41) is 16.6. The summed E-state index contributed by atoms with van der Waals surface area (Å²) in [6.07, 6.45) is 0. The number of amides is 1. The third-order valence-corrected chi connectivity index (χ3v) is 7.26. The number of ether oxygens (including phenoxy) is 2. The summed E-state index contributed by atoms with van der Waals surface area (Å²) in [5.41, 5.74) is 0.505. The topological polar surface area (TPSA) is 136 Å². The zero-order chi connectivity index (χ0) is 27.1. The fourth-order valence-electron chi connectivity index (χ4n) is 4.07. The Hall–Kier alpha value is -3.57. The summed E-state index contributed by atoms with van der Waals surface area (Å²) in [6.45, 7) is 0. The van der Waals surface area contributed by atoms with E-state index in [4.69, 9.17) is 37.8 Å². The molecule has 0 spiro atoms. The van der Waals surface area contributed by atoms with Gasteiger partial charge in [0.2, 0.25) is 10.0 Å². The van der Waals surface area contributed by atoms with Crippen LogP contribution < -0.4 is 19.5 Å². The summed E-state index contributed by atoms with van der Waals surface area (Å²) in [4.78, 5) is 27.6. The highest BCUT2D eigenvalue weighted by atomic mass is 35.5. The maximum atomic E-state index is 13.3. The number of hydrogen-bond donors (Lipinski definition) is 2. The average molecular weight is 563 g/mol. The minimum absolute atomic E-state index is 0.0855. The van der Waals surface area contributed by atoms with Crippen molar-refractivity contribution >= 4 is 56.4 Å². The molecule has 1 aliphatic heterocycles. The van der Waals surface area contributed by atoms with E-state index >= 15 is 0 Å². The number of carbonyl (C=O) groups excluding carboxylic acids is 2. The van der Waals surface area contributed by atoms with Crippen molar-refractivity contribution in [2.45, 2.75) is 10.9 Å². The largest absolute Gasteiger partial charge is 0.507 e. The molecule has 37 heavy (non-hydrogen) atoms. The van der Waals surface area contributed by atoms with Gasteiger partial charge in [-0.25, -0.2) is 13.6 Å². The fourth-order valence-corrected chi connectivity index (χ4v) is 5.23. The molecule has 9 nitrogen and oxygen atoms in total. The van der Waals surface area contributed by atoms with Gasteiger partial charge in [-0.3, -0.25) is 14.5 Å². The lowest BCUT2D eigenvalue weighted by molar-refractivity contribution is -0.132. The van der Waals surface area contributed by atoms with Gasteiger partial charge in [-0.1, -0.05) is 35.3 Å². The van der Waals surface area contributed by atoms with Crippen molar-refractivity contribution in [1.29, 1.82) is 0 Å². The van der Waals surface area contributed by atoms with E-state index < -0.39 is 33.5 Å². The number of ketones is 1. The van der Waals surface area contributed by atoms with Crippen LogP contribution in [0.25, 0.3) is 5.76 Å². The molecule has 3 aromatic rings. The minimum Gasteiger partial charge on any atom is -0.507 e. The number of nitrogens with zero attached hydrogens (tertiary/aromatic N) is 1. The first-order valence-corrected chi connectivity index (χ1v) is 12.9. The van der Waals surface area contributed by atoms with Gasteiger partial charge < -0.3 is 14.6 Å². The Kier molecular flexibility index (Phi) is 7.20. The Bertz CT molecular complexity index is 1530. The van der Waals surface area contributed by atoms with Gasteiger partial charge >= 0.3 is 0 Å². The predicted molar refractivity (Wildman–Crippen MR) is 139 cm³/mol. The number of rotatable bonds is 6. The molecule has 0 aliphatic carbocycles. The SMILES string of the molecule is COc1cccc(C2/C(=C(\O)c3cc(Cl)c(OC)c(Cl)c3)C(=O)C(=O)N2c2ccc(S(N)(=O)=O)cc2)c1. The zero-order valence-corrected chi connectivity index (χ0v) is 21.8. The van der Waals surface area contributed by atoms with Gasteiger partial charge in [-0.15, -0.1) is 0 Å². The Labute approximate surface area is 222 Å². The van der Waals surface area contributed by atoms with Crippen LogP contribution in [0.15, 0.2) is 71.1 Å². The summed E-state index contributed by atoms with van der Waals surface area (Å²) in [6, 6.07) is 13.4. The molecular formula is C25H20Cl2N2O7S. The summed E-state index contributed by atoms with van der Waals surface area (Å²) in [5.74, 6) is -1.79. The van der Waals surface area contributed by atoms with Crippen molar-refractivity contribution in [2.24, 2.45) is 5.14 Å². The van der Waals surface area contributed by atoms with E-state index in [1.807, 2.05) is 0 Å². The lowest BCUT2D eigenvalue weighted by Gasteiger charge is -2.26. The van der Waals surface area contributed by atoms with Crippen LogP contribution in [-0.2, 0) is 19.6 Å². The summed E-state index contributed by atoms with van der Waals surface area (Å²) in [7, 11) is -1.15. The number of aliphatic hydroxyl groups is 1. The Balaban J connectivity index is 1.96. The quantitative estimate of drug-likeness (QED) is 0.260. The van der Waals surface area contributed by atoms with Gasteiger partial charge in [-0.2, -0.15) is 0 Å². The number of aliphatic hydroxyl groups excluding tert-OH is 1. The maximum absolute atomic E-state index is 13.3.